The lowest BCUT2D eigenvalue weighted by molar-refractivity contribution is 0.0942. The monoisotopic (exact) mass is 195 g/mol. The maximum Gasteiger partial charge on any atom is 0.0895 e. The largest absolute Gasteiger partial charge is 0.394 e. The second-order valence-corrected chi connectivity index (χ2v) is 3.39. The van der Waals surface area contributed by atoms with Crippen LogP contribution in [0.3, 0.4) is 0 Å². The zero-order valence-corrected chi connectivity index (χ0v) is 8.40. The zero-order valence-electron chi connectivity index (χ0n) is 8.40. The molecule has 1 aromatic rings. The molecule has 78 valence electrons. The molecule has 3 heteroatoms. The third-order valence-corrected chi connectivity index (χ3v) is 2.17. The number of aliphatic hydroxyl groups excluding tert-OH is 2. The van der Waals surface area contributed by atoms with Crippen molar-refractivity contribution < 1.29 is 10.2 Å². The minimum atomic E-state index is -0.668. The van der Waals surface area contributed by atoms with E-state index < -0.39 is 6.10 Å². The molecule has 1 rings (SSSR count). The highest BCUT2D eigenvalue weighted by molar-refractivity contribution is 5.25. The van der Waals surface area contributed by atoms with Gasteiger partial charge in [0.1, 0.15) is 0 Å². The van der Waals surface area contributed by atoms with Gasteiger partial charge in [0.15, 0.2) is 0 Å². The summed E-state index contributed by atoms with van der Waals surface area (Å²) in [5.74, 6) is 0. The summed E-state index contributed by atoms with van der Waals surface area (Å²) in [6, 6.07) is 8.10. The average Bonchev–Trinajstić information content (AvgIpc) is 2.20. The SMILES string of the molecule is Cc1ccccc1CNC[C@H](O)CO. The molecule has 0 unspecified atom stereocenters. The Kier molecular flexibility index (Phi) is 4.59. The van der Waals surface area contributed by atoms with Crippen LogP contribution in [0.25, 0.3) is 0 Å². The van der Waals surface area contributed by atoms with Gasteiger partial charge in [0.05, 0.1) is 12.7 Å². The molecule has 0 saturated heterocycles. The summed E-state index contributed by atoms with van der Waals surface area (Å²) in [4.78, 5) is 0. The second kappa shape index (κ2) is 5.75. The van der Waals surface area contributed by atoms with Crippen molar-refractivity contribution in [3.05, 3.63) is 35.4 Å². The van der Waals surface area contributed by atoms with Crippen molar-refractivity contribution in [3.8, 4) is 0 Å². The van der Waals surface area contributed by atoms with Crippen molar-refractivity contribution in [1.29, 1.82) is 0 Å². The van der Waals surface area contributed by atoms with E-state index in [0.29, 0.717) is 6.54 Å². The lowest BCUT2D eigenvalue weighted by Gasteiger charge is -2.10. The Hall–Kier alpha value is -0.900. The fourth-order valence-corrected chi connectivity index (χ4v) is 1.25. The van der Waals surface area contributed by atoms with E-state index in [1.54, 1.807) is 0 Å². The summed E-state index contributed by atoms with van der Waals surface area (Å²) in [6.07, 6.45) is -0.668. The van der Waals surface area contributed by atoms with Crippen LogP contribution in [0, 0.1) is 6.92 Å². The molecule has 3 nitrogen and oxygen atoms in total. The Labute approximate surface area is 84.4 Å². The van der Waals surface area contributed by atoms with Crippen molar-refractivity contribution >= 4 is 0 Å². The Morgan fingerprint density at radius 2 is 2.07 bits per heavy atom. The number of rotatable bonds is 5. The van der Waals surface area contributed by atoms with Crippen LogP contribution in [0.1, 0.15) is 11.1 Å². The fourth-order valence-electron chi connectivity index (χ4n) is 1.25. The highest BCUT2D eigenvalue weighted by Gasteiger charge is 2.01. The lowest BCUT2D eigenvalue weighted by Crippen LogP contribution is -2.29. The minimum Gasteiger partial charge on any atom is -0.394 e. The summed E-state index contributed by atoms with van der Waals surface area (Å²) in [5.41, 5.74) is 2.45. The Bertz CT molecular complexity index is 276. The van der Waals surface area contributed by atoms with Gasteiger partial charge in [0.2, 0.25) is 0 Å². The van der Waals surface area contributed by atoms with Gasteiger partial charge >= 0.3 is 0 Å². The van der Waals surface area contributed by atoms with Crippen LogP contribution in [0.5, 0.6) is 0 Å². The molecular weight excluding hydrogens is 178 g/mol. The molecule has 0 radical (unpaired) electrons. The van der Waals surface area contributed by atoms with Crippen LogP contribution < -0.4 is 5.32 Å². The predicted molar refractivity (Wildman–Crippen MR) is 56.0 cm³/mol. The third-order valence-electron chi connectivity index (χ3n) is 2.17. The van der Waals surface area contributed by atoms with Crippen molar-refractivity contribution in [2.45, 2.75) is 19.6 Å². The average molecular weight is 195 g/mol. The molecule has 0 heterocycles. The van der Waals surface area contributed by atoms with E-state index in [2.05, 4.69) is 18.3 Å². The van der Waals surface area contributed by atoms with E-state index in [4.69, 9.17) is 10.2 Å². The topological polar surface area (TPSA) is 52.5 Å². The molecule has 1 aromatic carbocycles. The molecule has 0 amide bonds. The fraction of sp³-hybridized carbons (Fsp3) is 0.455. The van der Waals surface area contributed by atoms with Gasteiger partial charge in [-0.1, -0.05) is 24.3 Å². The highest BCUT2D eigenvalue weighted by Crippen LogP contribution is 2.05. The Morgan fingerprint density at radius 3 is 2.71 bits per heavy atom. The number of nitrogens with one attached hydrogen (secondary N) is 1. The van der Waals surface area contributed by atoms with E-state index >= 15 is 0 Å². The van der Waals surface area contributed by atoms with Gasteiger partial charge in [0, 0.05) is 13.1 Å². The van der Waals surface area contributed by atoms with Crippen molar-refractivity contribution in [1.82, 2.24) is 5.32 Å². The molecule has 0 aliphatic carbocycles. The normalized spacial score (nSPS) is 12.8. The zero-order chi connectivity index (χ0) is 10.4. The standard InChI is InChI=1S/C11H17NO2/c1-9-4-2-3-5-10(9)6-12-7-11(14)8-13/h2-5,11-14H,6-8H2,1H3/t11-/m0/s1. The van der Waals surface area contributed by atoms with E-state index in [0.717, 1.165) is 6.54 Å². The van der Waals surface area contributed by atoms with E-state index in [1.165, 1.54) is 11.1 Å². The van der Waals surface area contributed by atoms with Gasteiger partial charge in [-0.25, -0.2) is 0 Å². The number of benzene rings is 1. The Balaban J connectivity index is 2.35. The van der Waals surface area contributed by atoms with Gasteiger partial charge in [-0.05, 0) is 18.1 Å². The van der Waals surface area contributed by atoms with E-state index in [-0.39, 0.29) is 6.61 Å². The maximum absolute atomic E-state index is 9.09. The van der Waals surface area contributed by atoms with Gasteiger partial charge < -0.3 is 15.5 Å². The van der Waals surface area contributed by atoms with Gasteiger partial charge in [-0.3, -0.25) is 0 Å². The molecule has 14 heavy (non-hydrogen) atoms. The molecule has 0 aromatic heterocycles. The van der Waals surface area contributed by atoms with Gasteiger partial charge in [0.25, 0.3) is 0 Å². The molecule has 1 atom stereocenters. The first-order chi connectivity index (χ1) is 6.74. The smallest absolute Gasteiger partial charge is 0.0895 e. The quantitative estimate of drug-likeness (QED) is 0.639. The van der Waals surface area contributed by atoms with Crippen molar-refractivity contribution in [3.63, 3.8) is 0 Å². The minimum absolute atomic E-state index is 0.194. The molecule has 0 bridgehead atoms. The summed E-state index contributed by atoms with van der Waals surface area (Å²) in [5, 5.41) is 20.8. The third kappa shape index (κ3) is 3.46. The molecular formula is C11H17NO2. The highest BCUT2D eigenvalue weighted by atomic mass is 16.3. The first kappa shape index (κ1) is 11.2. The maximum atomic E-state index is 9.09. The molecule has 0 saturated carbocycles. The van der Waals surface area contributed by atoms with Crippen molar-refractivity contribution in [2.24, 2.45) is 0 Å². The van der Waals surface area contributed by atoms with Crippen LogP contribution >= 0.6 is 0 Å². The molecule has 0 aliphatic heterocycles. The summed E-state index contributed by atoms with van der Waals surface area (Å²) < 4.78 is 0. The number of aryl methyl sites for hydroxylation is 1. The summed E-state index contributed by atoms with van der Waals surface area (Å²) >= 11 is 0. The van der Waals surface area contributed by atoms with E-state index in [9.17, 15) is 0 Å². The van der Waals surface area contributed by atoms with E-state index in [1.807, 2.05) is 18.2 Å². The second-order valence-electron chi connectivity index (χ2n) is 3.39. The number of hydrogen-bond donors (Lipinski definition) is 3. The first-order valence-electron chi connectivity index (χ1n) is 4.78. The van der Waals surface area contributed by atoms with Crippen LogP contribution in [0.15, 0.2) is 24.3 Å². The summed E-state index contributed by atoms with van der Waals surface area (Å²) in [7, 11) is 0. The Morgan fingerprint density at radius 1 is 1.36 bits per heavy atom. The molecule has 0 fully saturated rings. The molecule has 0 spiro atoms. The molecule has 3 N–H and O–H groups in total. The van der Waals surface area contributed by atoms with Crippen LogP contribution in [0.4, 0.5) is 0 Å². The van der Waals surface area contributed by atoms with Crippen LogP contribution in [-0.4, -0.2) is 29.5 Å². The number of hydrogen-bond acceptors (Lipinski definition) is 3. The summed E-state index contributed by atoms with van der Waals surface area (Å²) in [6.45, 7) is 3.01. The van der Waals surface area contributed by atoms with Gasteiger partial charge in [-0.15, -0.1) is 0 Å². The van der Waals surface area contributed by atoms with Gasteiger partial charge in [-0.2, -0.15) is 0 Å². The first-order valence-corrected chi connectivity index (χ1v) is 4.78. The van der Waals surface area contributed by atoms with Crippen LogP contribution in [-0.2, 0) is 6.54 Å². The lowest BCUT2D eigenvalue weighted by atomic mass is 10.1. The molecule has 0 aliphatic rings. The van der Waals surface area contributed by atoms with Crippen LogP contribution in [0.2, 0.25) is 0 Å². The predicted octanol–water partition coefficient (Wildman–Crippen LogP) is 0.438. The number of aliphatic hydroxyl groups is 2. The van der Waals surface area contributed by atoms with Crippen molar-refractivity contribution in [2.75, 3.05) is 13.2 Å².